The summed E-state index contributed by atoms with van der Waals surface area (Å²) in [5.41, 5.74) is 1.01. The van der Waals surface area contributed by atoms with Crippen molar-refractivity contribution in [1.82, 2.24) is 10.3 Å². The van der Waals surface area contributed by atoms with Crippen LogP contribution in [-0.2, 0) is 11.2 Å². The molecule has 0 radical (unpaired) electrons. The Morgan fingerprint density at radius 1 is 1.24 bits per heavy atom. The van der Waals surface area contributed by atoms with Crippen LogP contribution in [0.3, 0.4) is 0 Å². The molecule has 0 saturated carbocycles. The van der Waals surface area contributed by atoms with E-state index < -0.39 is 0 Å². The summed E-state index contributed by atoms with van der Waals surface area (Å²) in [5.74, 6) is 1.01. The fourth-order valence-corrected chi connectivity index (χ4v) is 2.63. The van der Waals surface area contributed by atoms with E-state index in [0.29, 0.717) is 19.4 Å². The molecule has 1 aromatic carbocycles. The molecular formula is C16H18N2O2S. The van der Waals surface area contributed by atoms with Crippen LogP contribution in [0, 0.1) is 0 Å². The predicted molar refractivity (Wildman–Crippen MR) is 84.4 cm³/mol. The van der Waals surface area contributed by atoms with Gasteiger partial charge < -0.3 is 10.4 Å². The highest BCUT2D eigenvalue weighted by Crippen LogP contribution is 2.14. The second-order valence-corrected chi connectivity index (χ2v) is 5.65. The number of nitrogens with one attached hydrogen (secondary N) is 1. The fraction of sp³-hybridized carbons (Fsp3) is 0.250. The van der Waals surface area contributed by atoms with Gasteiger partial charge in [-0.1, -0.05) is 18.2 Å². The summed E-state index contributed by atoms with van der Waals surface area (Å²) < 4.78 is 0. The van der Waals surface area contributed by atoms with E-state index in [1.165, 1.54) is 0 Å². The summed E-state index contributed by atoms with van der Waals surface area (Å²) in [7, 11) is 0. The number of hydrogen-bond donors (Lipinski definition) is 2. The molecule has 1 aromatic heterocycles. The van der Waals surface area contributed by atoms with Crippen molar-refractivity contribution in [3.8, 4) is 5.75 Å². The second-order valence-electron chi connectivity index (χ2n) is 4.54. The van der Waals surface area contributed by atoms with Crippen molar-refractivity contribution >= 4 is 17.7 Å². The third-order valence-electron chi connectivity index (χ3n) is 2.86. The third-order valence-corrected chi connectivity index (χ3v) is 3.81. The van der Waals surface area contributed by atoms with E-state index in [9.17, 15) is 9.90 Å². The highest BCUT2D eigenvalue weighted by Gasteiger charge is 2.02. The van der Waals surface area contributed by atoms with E-state index in [0.717, 1.165) is 16.3 Å². The largest absolute Gasteiger partial charge is 0.508 e. The molecular weight excluding hydrogens is 284 g/mol. The molecule has 0 fully saturated rings. The number of hydrogen-bond acceptors (Lipinski definition) is 4. The molecule has 21 heavy (non-hydrogen) atoms. The lowest BCUT2D eigenvalue weighted by Gasteiger charge is -2.05. The van der Waals surface area contributed by atoms with Crippen LogP contribution in [-0.4, -0.2) is 28.3 Å². The summed E-state index contributed by atoms with van der Waals surface area (Å²) in [6.07, 6.45) is 2.94. The van der Waals surface area contributed by atoms with Crippen LogP contribution in [0.2, 0.25) is 0 Å². The lowest BCUT2D eigenvalue weighted by Crippen LogP contribution is -2.25. The standard InChI is InChI=1S/C16H18N2O2S/c19-14-5-3-4-13(12-14)7-10-17-15(20)8-11-21-16-6-1-2-9-18-16/h1-6,9,12,19H,7-8,10-11H2,(H,17,20). The topological polar surface area (TPSA) is 62.2 Å². The predicted octanol–water partition coefficient (Wildman–Crippen LogP) is 2.63. The van der Waals surface area contributed by atoms with Gasteiger partial charge in [0.25, 0.3) is 0 Å². The Labute approximate surface area is 128 Å². The molecule has 2 rings (SSSR count). The third kappa shape index (κ3) is 5.87. The van der Waals surface area contributed by atoms with Crippen molar-refractivity contribution in [2.45, 2.75) is 17.9 Å². The number of amides is 1. The summed E-state index contributed by atoms with van der Waals surface area (Å²) >= 11 is 1.58. The quantitative estimate of drug-likeness (QED) is 0.772. The Morgan fingerprint density at radius 3 is 2.90 bits per heavy atom. The van der Waals surface area contributed by atoms with E-state index in [1.54, 1.807) is 36.2 Å². The molecule has 0 bridgehead atoms. The zero-order chi connectivity index (χ0) is 14.9. The van der Waals surface area contributed by atoms with Gasteiger partial charge in [-0.15, -0.1) is 11.8 Å². The minimum atomic E-state index is 0.0404. The minimum Gasteiger partial charge on any atom is -0.508 e. The van der Waals surface area contributed by atoms with E-state index in [1.807, 2.05) is 24.3 Å². The van der Waals surface area contributed by atoms with Crippen molar-refractivity contribution in [2.24, 2.45) is 0 Å². The smallest absolute Gasteiger partial charge is 0.220 e. The molecule has 0 atom stereocenters. The molecule has 2 aromatic rings. The number of phenolic OH excluding ortho intramolecular Hbond substituents is 1. The Hall–Kier alpha value is -2.01. The lowest BCUT2D eigenvalue weighted by atomic mass is 10.1. The van der Waals surface area contributed by atoms with Gasteiger partial charge in [-0.2, -0.15) is 0 Å². The van der Waals surface area contributed by atoms with Gasteiger partial charge in [0, 0.05) is 24.9 Å². The average molecular weight is 302 g/mol. The normalized spacial score (nSPS) is 10.3. The lowest BCUT2D eigenvalue weighted by molar-refractivity contribution is -0.120. The monoisotopic (exact) mass is 302 g/mol. The molecule has 5 heteroatoms. The number of carbonyl (C=O) groups excluding carboxylic acids is 1. The van der Waals surface area contributed by atoms with E-state index in [2.05, 4.69) is 10.3 Å². The first-order valence-corrected chi connectivity index (χ1v) is 7.81. The van der Waals surface area contributed by atoms with Gasteiger partial charge in [-0.25, -0.2) is 4.98 Å². The van der Waals surface area contributed by atoms with Crippen LogP contribution < -0.4 is 5.32 Å². The highest BCUT2D eigenvalue weighted by atomic mass is 32.2. The number of aromatic nitrogens is 1. The van der Waals surface area contributed by atoms with Crippen LogP contribution in [0.5, 0.6) is 5.75 Å². The molecule has 0 unspecified atom stereocenters. The first-order chi connectivity index (χ1) is 10.2. The van der Waals surface area contributed by atoms with Crippen molar-refractivity contribution in [3.63, 3.8) is 0 Å². The summed E-state index contributed by atoms with van der Waals surface area (Å²) in [5, 5.41) is 13.2. The molecule has 0 saturated heterocycles. The number of nitrogens with zero attached hydrogens (tertiary/aromatic N) is 1. The number of aromatic hydroxyl groups is 1. The van der Waals surface area contributed by atoms with Gasteiger partial charge in [0.1, 0.15) is 5.75 Å². The van der Waals surface area contributed by atoms with Crippen LogP contribution in [0.4, 0.5) is 0 Å². The fourth-order valence-electron chi connectivity index (χ4n) is 1.83. The van der Waals surface area contributed by atoms with Crippen molar-refractivity contribution in [2.75, 3.05) is 12.3 Å². The molecule has 0 aliphatic rings. The molecule has 0 spiro atoms. The number of thioether (sulfide) groups is 1. The van der Waals surface area contributed by atoms with Crippen molar-refractivity contribution in [3.05, 3.63) is 54.2 Å². The number of phenols is 1. The van der Waals surface area contributed by atoms with Crippen LogP contribution in [0.25, 0.3) is 0 Å². The zero-order valence-corrected chi connectivity index (χ0v) is 12.5. The Kier molecular flexibility index (Phi) is 6.09. The van der Waals surface area contributed by atoms with Gasteiger partial charge in [-0.3, -0.25) is 4.79 Å². The maximum absolute atomic E-state index is 11.7. The van der Waals surface area contributed by atoms with E-state index in [4.69, 9.17) is 0 Å². The van der Waals surface area contributed by atoms with E-state index in [-0.39, 0.29) is 11.7 Å². The zero-order valence-electron chi connectivity index (χ0n) is 11.7. The highest BCUT2D eigenvalue weighted by molar-refractivity contribution is 7.99. The number of pyridine rings is 1. The number of rotatable bonds is 7. The van der Waals surface area contributed by atoms with Crippen LogP contribution in [0.15, 0.2) is 53.7 Å². The second kappa shape index (κ2) is 8.32. The SMILES string of the molecule is O=C(CCSc1ccccn1)NCCc1cccc(O)c1. The van der Waals surface area contributed by atoms with Gasteiger partial charge >= 0.3 is 0 Å². The summed E-state index contributed by atoms with van der Waals surface area (Å²) in [4.78, 5) is 15.9. The Balaban J connectivity index is 1.61. The molecule has 1 amide bonds. The Bertz CT molecular complexity index is 575. The molecule has 0 aliphatic carbocycles. The Morgan fingerprint density at radius 2 is 2.14 bits per heavy atom. The maximum Gasteiger partial charge on any atom is 0.220 e. The minimum absolute atomic E-state index is 0.0404. The molecule has 0 aliphatic heterocycles. The summed E-state index contributed by atoms with van der Waals surface area (Å²) in [6.45, 7) is 0.580. The molecule has 110 valence electrons. The van der Waals surface area contributed by atoms with Crippen molar-refractivity contribution < 1.29 is 9.90 Å². The number of carbonyl (C=O) groups is 1. The molecule has 2 N–H and O–H groups in total. The van der Waals surface area contributed by atoms with E-state index >= 15 is 0 Å². The summed E-state index contributed by atoms with van der Waals surface area (Å²) in [6, 6.07) is 12.8. The van der Waals surface area contributed by atoms with Gasteiger partial charge in [0.15, 0.2) is 0 Å². The van der Waals surface area contributed by atoms with Gasteiger partial charge in [0.05, 0.1) is 5.03 Å². The molecule has 1 heterocycles. The average Bonchev–Trinajstić information content (AvgIpc) is 2.48. The number of benzene rings is 1. The molecule has 4 nitrogen and oxygen atoms in total. The first-order valence-electron chi connectivity index (χ1n) is 6.82. The van der Waals surface area contributed by atoms with Gasteiger partial charge in [0.2, 0.25) is 5.91 Å². The van der Waals surface area contributed by atoms with Crippen LogP contribution >= 0.6 is 11.8 Å². The van der Waals surface area contributed by atoms with Gasteiger partial charge in [-0.05, 0) is 36.2 Å². The van der Waals surface area contributed by atoms with Crippen molar-refractivity contribution in [1.29, 1.82) is 0 Å². The maximum atomic E-state index is 11.7. The van der Waals surface area contributed by atoms with Crippen LogP contribution in [0.1, 0.15) is 12.0 Å². The first kappa shape index (κ1) is 15.4.